The average Bonchev–Trinajstić information content (AvgIpc) is 2.02. The fraction of sp³-hybridized carbons (Fsp3) is 0.778. The molecule has 0 saturated heterocycles. The lowest BCUT2D eigenvalue weighted by molar-refractivity contribution is 0.291. The predicted molar refractivity (Wildman–Crippen MR) is 52.9 cm³/mol. The van der Waals surface area contributed by atoms with Crippen molar-refractivity contribution in [3.05, 3.63) is 11.9 Å². The lowest BCUT2D eigenvalue weighted by Crippen LogP contribution is -2.35. The molecule has 0 aromatic heterocycles. The van der Waals surface area contributed by atoms with Gasteiger partial charge in [-0.25, -0.2) is 5.84 Å². The second kappa shape index (κ2) is 5.04. The first-order valence-electron chi connectivity index (χ1n) is 4.49. The summed E-state index contributed by atoms with van der Waals surface area (Å²) in [7, 11) is 0. The maximum Gasteiger partial charge on any atom is 0.0415 e. The van der Waals surface area contributed by atoms with E-state index in [0.717, 1.165) is 12.1 Å². The molecule has 0 spiro atoms. The van der Waals surface area contributed by atoms with Gasteiger partial charge in [0.05, 0.1) is 0 Å². The fourth-order valence-electron chi connectivity index (χ4n) is 0.659. The van der Waals surface area contributed by atoms with Gasteiger partial charge in [-0.2, -0.15) is 0 Å². The summed E-state index contributed by atoms with van der Waals surface area (Å²) in [6.45, 7) is 8.28. The first-order valence-corrected chi connectivity index (χ1v) is 4.49. The molecule has 72 valence electrons. The summed E-state index contributed by atoms with van der Waals surface area (Å²) in [5.41, 5.74) is 6.58. The van der Waals surface area contributed by atoms with Crippen molar-refractivity contribution >= 4 is 0 Å². The summed E-state index contributed by atoms with van der Waals surface area (Å²) in [4.78, 5) is 0. The van der Waals surface area contributed by atoms with Crippen LogP contribution in [0, 0.1) is 5.92 Å². The highest BCUT2D eigenvalue weighted by Gasteiger charge is 2.04. The van der Waals surface area contributed by atoms with E-state index < -0.39 is 0 Å². The monoisotopic (exact) mass is 171 g/mol. The third-order valence-electron chi connectivity index (χ3n) is 2.06. The molecule has 0 bridgehead atoms. The Morgan fingerprint density at radius 1 is 1.42 bits per heavy atom. The van der Waals surface area contributed by atoms with Gasteiger partial charge in [-0.1, -0.05) is 20.8 Å². The topological polar surface area (TPSA) is 55.3 Å². The molecule has 12 heavy (non-hydrogen) atoms. The van der Waals surface area contributed by atoms with Gasteiger partial charge in [0.15, 0.2) is 0 Å². The number of nitrogens with two attached hydrogens (primary N) is 2. The Kier molecular flexibility index (Phi) is 4.74. The van der Waals surface area contributed by atoms with Gasteiger partial charge in [0.25, 0.3) is 0 Å². The van der Waals surface area contributed by atoms with Crippen molar-refractivity contribution in [1.82, 2.24) is 5.01 Å². The molecular formula is C9H21N3. The summed E-state index contributed by atoms with van der Waals surface area (Å²) in [5.74, 6) is 6.10. The van der Waals surface area contributed by atoms with Gasteiger partial charge in [0.1, 0.15) is 0 Å². The van der Waals surface area contributed by atoms with Gasteiger partial charge in [-0.05, 0) is 19.3 Å². The van der Waals surface area contributed by atoms with Crippen LogP contribution in [-0.4, -0.2) is 11.1 Å². The molecule has 0 amide bonds. The standard InChI is InChI=1S/C9H21N3/c1-5-8(4)12(11)6-9(10)7(2)3/h6-8H,5,10-11H2,1-4H3/b9-6-. The van der Waals surface area contributed by atoms with Crippen LogP contribution < -0.4 is 11.6 Å². The number of allylic oxidation sites excluding steroid dienone is 1. The zero-order valence-corrected chi connectivity index (χ0v) is 8.54. The van der Waals surface area contributed by atoms with E-state index in [9.17, 15) is 0 Å². The number of nitrogens with zero attached hydrogens (tertiary/aromatic N) is 1. The molecule has 0 aliphatic carbocycles. The minimum atomic E-state index is 0.349. The van der Waals surface area contributed by atoms with Crippen LogP contribution in [-0.2, 0) is 0 Å². The van der Waals surface area contributed by atoms with Crippen molar-refractivity contribution in [2.24, 2.45) is 17.5 Å². The Morgan fingerprint density at radius 3 is 2.25 bits per heavy atom. The zero-order valence-electron chi connectivity index (χ0n) is 8.54. The Bertz CT molecular complexity index is 152. The van der Waals surface area contributed by atoms with E-state index in [0.29, 0.717) is 12.0 Å². The summed E-state index contributed by atoms with van der Waals surface area (Å²) >= 11 is 0. The number of rotatable bonds is 4. The quantitative estimate of drug-likeness (QED) is 0.497. The van der Waals surface area contributed by atoms with Crippen LogP contribution in [0.25, 0.3) is 0 Å². The Balaban J connectivity index is 4.13. The molecule has 3 heteroatoms. The molecule has 0 saturated carbocycles. The Labute approximate surface area is 75.4 Å². The lowest BCUT2D eigenvalue weighted by Gasteiger charge is -2.22. The maximum atomic E-state index is 5.75. The van der Waals surface area contributed by atoms with Gasteiger partial charge in [0, 0.05) is 17.9 Å². The van der Waals surface area contributed by atoms with Crippen molar-refractivity contribution in [3.63, 3.8) is 0 Å². The second-order valence-electron chi connectivity index (χ2n) is 3.49. The van der Waals surface area contributed by atoms with Crippen molar-refractivity contribution in [2.45, 2.75) is 40.2 Å². The fourth-order valence-corrected chi connectivity index (χ4v) is 0.659. The molecule has 3 nitrogen and oxygen atoms in total. The first kappa shape index (κ1) is 11.3. The number of hydrogen-bond acceptors (Lipinski definition) is 3. The van der Waals surface area contributed by atoms with Gasteiger partial charge in [-0.15, -0.1) is 0 Å². The van der Waals surface area contributed by atoms with E-state index in [4.69, 9.17) is 11.6 Å². The van der Waals surface area contributed by atoms with Crippen LogP contribution in [0.3, 0.4) is 0 Å². The van der Waals surface area contributed by atoms with E-state index >= 15 is 0 Å². The highest BCUT2D eigenvalue weighted by atomic mass is 15.4. The van der Waals surface area contributed by atoms with Gasteiger partial charge < -0.3 is 10.7 Å². The third kappa shape index (κ3) is 3.62. The van der Waals surface area contributed by atoms with Crippen LogP contribution in [0.2, 0.25) is 0 Å². The summed E-state index contributed by atoms with van der Waals surface area (Å²) in [5, 5.41) is 1.68. The SMILES string of the molecule is CCC(C)N(N)/C=C(\N)C(C)C. The van der Waals surface area contributed by atoms with Crippen LogP contribution in [0.1, 0.15) is 34.1 Å². The van der Waals surface area contributed by atoms with Crippen molar-refractivity contribution in [3.8, 4) is 0 Å². The molecule has 0 fully saturated rings. The largest absolute Gasteiger partial charge is 0.401 e. The Morgan fingerprint density at radius 2 is 1.92 bits per heavy atom. The van der Waals surface area contributed by atoms with Gasteiger partial charge >= 0.3 is 0 Å². The van der Waals surface area contributed by atoms with Crippen molar-refractivity contribution in [1.29, 1.82) is 0 Å². The van der Waals surface area contributed by atoms with E-state index in [1.807, 2.05) is 6.20 Å². The summed E-state index contributed by atoms with van der Waals surface area (Å²) < 4.78 is 0. The highest BCUT2D eigenvalue weighted by molar-refractivity contribution is 4.98. The normalized spacial score (nSPS) is 15.0. The highest BCUT2D eigenvalue weighted by Crippen LogP contribution is 2.05. The van der Waals surface area contributed by atoms with Gasteiger partial charge in [0.2, 0.25) is 0 Å². The molecule has 1 unspecified atom stereocenters. The molecule has 0 heterocycles. The van der Waals surface area contributed by atoms with Crippen molar-refractivity contribution < 1.29 is 0 Å². The van der Waals surface area contributed by atoms with Gasteiger partial charge in [-0.3, -0.25) is 0 Å². The average molecular weight is 171 g/mol. The van der Waals surface area contributed by atoms with E-state index in [-0.39, 0.29) is 0 Å². The van der Waals surface area contributed by atoms with Crippen LogP contribution >= 0.6 is 0 Å². The van der Waals surface area contributed by atoms with Crippen LogP contribution in [0.4, 0.5) is 0 Å². The molecule has 4 N–H and O–H groups in total. The summed E-state index contributed by atoms with van der Waals surface area (Å²) in [6, 6.07) is 0.349. The number of hydrazine groups is 1. The predicted octanol–water partition coefficient (Wildman–Crippen LogP) is 1.42. The molecule has 0 rings (SSSR count). The summed E-state index contributed by atoms with van der Waals surface area (Å²) in [6.07, 6.45) is 2.84. The van der Waals surface area contributed by atoms with Crippen molar-refractivity contribution in [2.75, 3.05) is 0 Å². The van der Waals surface area contributed by atoms with E-state index in [1.165, 1.54) is 0 Å². The van der Waals surface area contributed by atoms with Crippen LogP contribution in [0.5, 0.6) is 0 Å². The minimum absolute atomic E-state index is 0.349. The second-order valence-corrected chi connectivity index (χ2v) is 3.49. The van der Waals surface area contributed by atoms with Crippen LogP contribution in [0.15, 0.2) is 11.9 Å². The maximum absolute atomic E-state index is 5.75. The molecule has 0 aromatic carbocycles. The van der Waals surface area contributed by atoms with E-state index in [1.54, 1.807) is 5.01 Å². The third-order valence-corrected chi connectivity index (χ3v) is 2.06. The lowest BCUT2D eigenvalue weighted by atomic mass is 10.1. The smallest absolute Gasteiger partial charge is 0.0415 e. The zero-order chi connectivity index (χ0) is 9.72. The molecule has 0 radical (unpaired) electrons. The molecule has 0 aliphatic heterocycles. The Hall–Kier alpha value is -0.700. The molecule has 1 atom stereocenters. The molecular weight excluding hydrogens is 150 g/mol. The molecule has 0 aliphatic rings. The molecule has 0 aromatic rings. The minimum Gasteiger partial charge on any atom is -0.401 e. The number of hydrogen-bond donors (Lipinski definition) is 2. The van der Waals surface area contributed by atoms with E-state index in [2.05, 4.69) is 27.7 Å². The first-order chi connectivity index (χ1) is 5.49.